The fraction of sp³-hybridized carbons (Fsp3) is 1.00. The van der Waals surface area contributed by atoms with Crippen molar-refractivity contribution in [1.82, 2.24) is 0 Å². The third kappa shape index (κ3) is 3.55. The molecule has 0 aromatic carbocycles. The van der Waals surface area contributed by atoms with Crippen molar-refractivity contribution in [3.63, 3.8) is 0 Å². The van der Waals surface area contributed by atoms with Crippen LogP contribution in [0.3, 0.4) is 0 Å². The lowest BCUT2D eigenvalue weighted by Gasteiger charge is -2.29. The Labute approximate surface area is 76.5 Å². The molecule has 2 nitrogen and oxygen atoms in total. The van der Waals surface area contributed by atoms with Crippen LogP contribution >= 0.6 is 0 Å². The Balaban J connectivity index is 4.09. The summed E-state index contributed by atoms with van der Waals surface area (Å²) in [6, 6.07) is 0.157. The van der Waals surface area contributed by atoms with Crippen LogP contribution in [0.1, 0.15) is 34.6 Å². The first-order chi connectivity index (χ1) is 5.50. The Morgan fingerprint density at radius 3 is 1.83 bits per heavy atom. The van der Waals surface area contributed by atoms with Crippen LogP contribution in [0.25, 0.3) is 0 Å². The largest absolute Gasteiger partial charge is 0.377 e. The minimum Gasteiger partial charge on any atom is -0.377 e. The number of rotatable bonds is 5. The molecule has 2 heteroatoms. The molecule has 0 aromatic rings. The molecule has 0 saturated carbocycles. The first-order valence-corrected chi connectivity index (χ1v) is 4.87. The lowest BCUT2D eigenvalue weighted by molar-refractivity contribution is 0.00254. The highest BCUT2D eigenvalue weighted by molar-refractivity contribution is 4.78. The zero-order valence-corrected chi connectivity index (χ0v) is 9.00. The van der Waals surface area contributed by atoms with Crippen molar-refractivity contribution in [2.24, 2.45) is 17.6 Å². The van der Waals surface area contributed by atoms with Crippen LogP contribution < -0.4 is 5.73 Å². The van der Waals surface area contributed by atoms with Crippen LogP contribution in [0.15, 0.2) is 0 Å². The van der Waals surface area contributed by atoms with Gasteiger partial charge in [-0.05, 0) is 18.8 Å². The highest BCUT2D eigenvalue weighted by Gasteiger charge is 2.23. The van der Waals surface area contributed by atoms with Gasteiger partial charge in [0.25, 0.3) is 0 Å². The van der Waals surface area contributed by atoms with E-state index in [2.05, 4.69) is 27.7 Å². The highest BCUT2D eigenvalue weighted by Crippen LogP contribution is 2.15. The Bertz CT molecular complexity index is 112. The summed E-state index contributed by atoms with van der Waals surface area (Å²) in [5.74, 6) is 0.992. The van der Waals surface area contributed by atoms with E-state index in [9.17, 15) is 0 Å². The predicted octanol–water partition coefficient (Wildman–Crippen LogP) is 2.03. The number of hydrogen-bond acceptors (Lipinski definition) is 2. The van der Waals surface area contributed by atoms with Crippen LogP contribution in [0.5, 0.6) is 0 Å². The monoisotopic (exact) mass is 173 g/mol. The smallest absolute Gasteiger partial charge is 0.0751 e. The minimum atomic E-state index is 0.157. The van der Waals surface area contributed by atoms with Gasteiger partial charge >= 0.3 is 0 Å². The van der Waals surface area contributed by atoms with Crippen LogP contribution in [-0.2, 0) is 4.74 Å². The second-order valence-electron chi connectivity index (χ2n) is 3.99. The molecule has 0 spiro atoms. The maximum absolute atomic E-state index is 6.02. The molecule has 0 aliphatic heterocycles. The molecule has 0 aromatic heterocycles. The van der Waals surface area contributed by atoms with Crippen molar-refractivity contribution < 1.29 is 4.74 Å². The van der Waals surface area contributed by atoms with Gasteiger partial charge in [-0.3, -0.25) is 0 Å². The van der Waals surface area contributed by atoms with Gasteiger partial charge in [0.1, 0.15) is 0 Å². The summed E-state index contributed by atoms with van der Waals surface area (Å²) in [6.07, 6.45) is 0.204. The maximum Gasteiger partial charge on any atom is 0.0751 e. The van der Waals surface area contributed by atoms with Gasteiger partial charge in [-0.15, -0.1) is 0 Å². The first-order valence-electron chi connectivity index (χ1n) is 4.87. The Hall–Kier alpha value is -0.0800. The fourth-order valence-corrected chi connectivity index (χ4v) is 1.32. The summed E-state index contributed by atoms with van der Waals surface area (Å²) < 4.78 is 5.60. The number of ether oxygens (including phenoxy) is 1. The SMILES string of the molecule is CCOC(C(C)C)C(N)C(C)C. The summed E-state index contributed by atoms with van der Waals surface area (Å²) in [7, 11) is 0. The summed E-state index contributed by atoms with van der Waals surface area (Å²) in [4.78, 5) is 0. The second-order valence-corrected chi connectivity index (χ2v) is 3.99. The zero-order valence-electron chi connectivity index (χ0n) is 9.00. The van der Waals surface area contributed by atoms with E-state index in [1.54, 1.807) is 0 Å². The third-order valence-corrected chi connectivity index (χ3v) is 2.17. The van der Waals surface area contributed by atoms with Gasteiger partial charge in [0.15, 0.2) is 0 Å². The van der Waals surface area contributed by atoms with Crippen molar-refractivity contribution in [3.05, 3.63) is 0 Å². The molecule has 2 N–H and O–H groups in total. The Morgan fingerprint density at radius 2 is 1.58 bits per heavy atom. The number of hydrogen-bond donors (Lipinski definition) is 1. The van der Waals surface area contributed by atoms with E-state index in [1.807, 2.05) is 6.92 Å². The zero-order chi connectivity index (χ0) is 9.72. The van der Waals surface area contributed by atoms with E-state index < -0.39 is 0 Å². The topological polar surface area (TPSA) is 35.2 Å². The molecule has 2 unspecified atom stereocenters. The van der Waals surface area contributed by atoms with Crippen LogP contribution in [0.4, 0.5) is 0 Å². The van der Waals surface area contributed by atoms with Gasteiger partial charge in [0.2, 0.25) is 0 Å². The van der Waals surface area contributed by atoms with Gasteiger partial charge in [0, 0.05) is 12.6 Å². The molecule has 0 aliphatic rings. The summed E-state index contributed by atoms with van der Waals surface area (Å²) >= 11 is 0. The van der Waals surface area contributed by atoms with Crippen LogP contribution in [-0.4, -0.2) is 18.8 Å². The molecule has 74 valence electrons. The fourth-order valence-electron chi connectivity index (χ4n) is 1.32. The van der Waals surface area contributed by atoms with Gasteiger partial charge in [-0.25, -0.2) is 0 Å². The molecule has 0 bridgehead atoms. The summed E-state index contributed by atoms with van der Waals surface area (Å²) in [6.45, 7) is 11.4. The summed E-state index contributed by atoms with van der Waals surface area (Å²) in [5.41, 5.74) is 6.02. The Kier molecular flexibility index (Phi) is 5.51. The average molecular weight is 173 g/mol. The van der Waals surface area contributed by atoms with Crippen LogP contribution in [0.2, 0.25) is 0 Å². The van der Waals surface area contributed by atoms with E-state index in [0.717, 1.165) is 6.61 Å². The molecule has 2 atom stereocenters. The molecule has 0 rings (SSSR count). The van der Waals surface area contributed by atoms with Crippen molar-refractivity contribution >= 4 is 0 Å². The van der Waals surface area contributed by atoms with Crippen molar-refractivity contribution in [3.8, 4) is 0 Å². The van der Waals surface area contributed by atoms with Gasteiger partial charge in [0.05, 0.1) is 6.10 Å². The van der Waals surface area contributed by atoms with E-state index in [1.165, 1.54) is 0 Å². The van der Waals surface area contributed by atoms with Crippen LogP contribution in [0, 0.1) is 11.8 Å². The summed E-state index contributed by atoms with van der Waals surface area (Å²) in [5, 5.41) is 0. The van der Waals surface area contributed by atoms with Crippen molar-refractivity contribution in [1.29, 1.82) is 0 Å². The van der Waals surface area contributed by atoms with Gasteiger partial charge < -0.3 is 10.5 Å². The molecule has 0 radical (unpaired) electrons. The van der Waals surface area contributed by atoms with E-state index in [4.69, 9.17) is 10.5 Å². The third-order valence-electron chi connectivity index (χ3n) is 2.17. The highest BCUT2D eigenvalue weighted by atomic mass is 16.5. The van der Waals surface area contributed by atoms with E-state index in [0.29, 0.717) is 11.8 Å². The normalized spacial score (nSPS) is 17.0. The second kappa shape index (κ2) is 5.55. The molecule has 0 fully saturated rings. The standard InChI is InChI=1S/C10H23NO/c1-6-12-10(8(4)5)9(11)7(2)3/h7-10H,6,11H2,1-5H3. The Morgan fingerprint density at radius 1 is 1.08 bits per heavy atom. The molecule has 0 amide bonds. The molecule has 0 heterocycles. The molecular weight excluding hydrogens is 150 g/mol. The van der Waals surface area contributed by atoms with Gasteiger partial charge in [-0.2, -0.15) is 0 Å². The quantitative estimate of drug-likeness (QED) is 0.690. The minimum absolute atomic E-state index is 0.157. The lowest BCUT2D eigenvalue weighted by atomic mass is 9.92. The van der Waals surface area contributed by atoms with Crippen molar-refractivity contribution in [2.75, 3.05) is 6.61 Å². The number of nitrogens with two attached hydrogens (primary N) is 1. The van der Waals surface area contributed by atoms with E-state index >= 15 is 0 Å². The molecule has 0 saturated heterocycles. The first kappa shape index (κ1) is 11.9. The van der Waals surface area contributed by atoms with Crippen molar-refractivity contribution in [2.45, 2.75) is 46.8 Å². The average Bonchev–Trinajstić information content (AvgIpc) is 1.98. The maximum atomic E-state index is 6.02. The lowest BCUT2D eigenvalue weighted by Crippen LogP contribution is -2.44. The molecule has 0 aliphatic carbocycles. The predicted molar refractivity (Wildman–Crippen MR) is 53.1 cm³/mol. The van der Waals surface area contributed by atoms with E-state index in [-0.39, 0.29) is 12.1 Å². The molecular formula is C10H23NO. The molecule has 12 heavy (non-hydrogen) atoms. The van der Waals surface area contributed by atoms with Gasteiger partial charge in [-0.1, -0.05) is 27.7 Å².